The van der Waals surface area contributed by atoms with Crippen molar-refractivity contribution < 1.29 is 18.8 Å². The monoisotopic (exact) mass is 438 g/mol. The van der Waals surface area contributed by atoms with E-state index in [2.05, 4.69) is 17.4 Å². The molecule has 0 radical (unpaired) electrons. The van der Waals surface area contributed by atoms with E-state index in [1.807, 2.05) is 19.9 Å². The van der Waals surface area contributed by atoms with E-state index in [4.69, 9.17) is 14.0 Å². The molecule has 1 aromatic carbocycles. The van der Waals surface area contributed by atoms with Crippen LogP contribution in [0.15, 0.2) is 22.7 Å². The molecule has 1 heterocycles. The number of carbonyl (C=O) groups is 1. The molecule has 4 fully saturated rings. The van der Waals surface area contributed by atoms with Crippen molar-refractivity contribution in [3.8, 4) is 11.5 Å². The van der Waals surface area contributed by atoms with Crippen LogP contribution >= 0.6 is 0 Å². The molecular weight excluding hydrogens is 404 g/mol. The Morgan fingerprint density at radius 3 is 2.38 bits per heavy atom. The lowest BCUT2D eigenvalue weighted by atomic mass is 9.48. The van der Waals surface area contributed by atoms with E-state index >= 15 is 0 Å². The van der Waals surface area contributed by atoms with Gasteiger partial charge in [0.15, 0.2) is 11.5 Å². The van der Waals surface area contributed by atoms with Gasteiger partial charge in [0.1, 0.15) is 12.4 Å². The van der Waals surface area contributed by atoms with Crippen molar-refractivity contribution in [2.24, 2.45) is 23.2 Å². The van der Waals surface area contributed by atoms with Gasteiger partial charge < -0.3 is 19.3 Å². The van der Waals surface area contributed by atoms with E-state index in [-0.39, 0.29) is 17.4 Å². The molecule has 6 nitrogen and oxygen atoms in total. The number of rotatable bonds is 7. The lowest BCUT2D eigenvalue weighted by molar-refractivity contribution is -0.0688. The summed E-state index contributed by atoms with van der Waals surface area (Å²) < 4.78 is 16.7. The summed E-state index contributed by atoms with van der Waals surface area (Å²) in [5, 5.41) is 7.30. The van der Waals surface area contributed by atoms with Gasteiger partial charge in [-0.25, -0.2) is 0 Å². The van der Waals surface area contributed by atoms with Gasteiger partial charge in [0.05, 0.1) is 18.4 Å². The number of ether oxygens (including phenoxy) is 2. The first kappa shape index (κ1) is 21.4. The third kappa shape index (κ3) is 3.78. The van der Waals surface area contributed by atoms with Gasteiger partial charge in [-0.2, -0.15) is 0 Å². The van der Waals surface area contributed by atoms with Gasteiger partial charge in [0, 0.05) is 11.6 Å². The fraction of sp³-hybridized carbons (Fsp3) is 0.615. The Hall–Kier alpha value is -2.50. The minimum Gasteiger partial charge on any atom is -0.493 e. The number of nitrogens with zero attached hydrogens (tertiary/aromatic N) is 1. The van der Waals surface area contributed by atoms with Crippen LogP contribution in [0.4, 0.5) is 0 Å². The fourth-order valence-corrected chi connectivity index (χ4v) is 6.93. The molecule has 6 rings (SSSR count). The molecule has 32 heavy (non-hydrogen) atoms. The molecule has 4 aliphatic carbocycles. The van der Waals surface area contributed by atoms with Crippen LogP contribution < -0.4 is 14.8 Å². The highest BCUT2D eigenvalue weighted by atomic mass is 16.5. The number of aryl methyl sites for hydroxylation is 2. The zero-order valence-corrected chi connectivity index (χ0v) is 19.6. The van der Waals surface area contributed by atoms with Gasteiger partial charge in [-0.15, -0.1) is 0 Å². The van der Waals surface area contributed by atoms with Crippen LogP contribution in [0.3, 0.4) is 0 Å². The summed E-state index contributed by atoms with van der Waals surface area (Å²) in [4.78, 5) is 13.1. The fourth-order valence-electron chi connectivity index (χ4n) is 6.93. The van der Waals surface area contributed by atoms with Crippen LogP contribution in [0.2, 0.25) is 0 Å². The first-order valence-electron chi connectivity index (χ1n) is 11.9. The van der Waals surface area contributed by atoms with Crippen LogP contribution in [0.1, 0.15) is 72.8 Å². The second-order valence-corrected chi connectivity index (χ2v) is 10.4. The number of methoxy groups -OCH3 is 1. The maximum atomic E-state index is 13.1. The normalized spacial score (nSPS) is 29.1. The molecule has 1 atom stereocenters. The molecule has 172 valence electrons. The average molecular weight is 439 g/mol. The predicted molar refractivity (Wildman–Crippen MR) is 121 cm³/mol. The molecule has 4 aliphatic rings. The molecule has 1 amide bonds. The van der Waals surface area contributed by atoms with Crippen LogP contribution in [-0.4, -0.2) is 24.2 Å². The molecule has 2 aromatic rings. The van der Waals surface area contributed by atoms with Gasteiger partial charge in [-0.05, 0) is 101 Å². The molecule has 1 aromatic heterocycles. The number of nitrogens with one attached hydrogen (secondary N) is 1. The van der Waals surface area contributed by atoms with Crippen molar-refractivity contribution >= 4 is 5.91 Å². The van der Waals surface area contributed by atoms with E-state index < -0.39 is 0 Å². The maximum absolute atomic E-state index is 13.1. The Balaban J connectivity index is 1.27. The van der Waals surface area contributed by atoms with Gasteiger partial charge in [0.25, 0.3) is 5.91 Å². The number of carbonyl (C=O) groups excluding carboxylic acids is 1. The second-order valence-electron chi connectivity index (χ2n) is 10.4. The number of aromatic nitrogens is 1. The number of hydrogen-bond acceptors (Lipinski definition) is 5. The van der Waals surface area contributed by atoms with Crippen molar-refractivity contribution in [2.45, 2.75) is 71.9 Å². The minimum atomic E-state index is -0.0381. The third-order valence-corrected chi connectivity index (χ3v) is 8.33. The molecule has 6 heteroatoms. The summed E-state index contributed by atoms with van der Waals surface area (Å²) in [6.45, 7) is 6.31. The third-order valence-electron chi connectivity index (χ3n) is 8.33. The standard InChI is InChI=1S/C26H34N2O4/c1-15-22(16(2)32-28-15)14-31-23-6-5-21(10-24(23)30-4)25(29)27-17(3)26-11-18-7-19(12-26)9-20(8-18)13-26/h5-6,10,17-20H,7-9,11-14H2,1-4H3,(H,27,29)/t17-,18?,19?,20?,26?/m0/s1. The SMILES string of the molecule is COc1cc(C(=O)N[C@@H](C)C23CC4CC(CC(C4)C2)C3)ccc1OCc1c(C)noc1C. The molecule has 4 bridgehead atoms. The van der Waals surface area contributed by atoms with Gasteiger partial charge in [-0.1, -0.05) is 5.16 Å². The molecule has 4 saturated carbocycles. The summed E-state index contributed by atoms with van der Waals surface area (Å²) in [5.74, 6) is 4.46. The quantitative estimate of drug-likeness (QED) is 0.642. The summed E-state index contributed by atoms with van der Waals surface area (Å²) >= 11 is 0. The van der Waals surface area contributed by atoms with E-state index in [0.717, 1.165) is 34.8 Å². The van der Waals surface area contributed by atoms with Gasteiger partial charge in [-0.3, -0.25) is 4.79 Å². The first-order chi connectivity index (χ1) is 15.4. The van der Waals surface area contributed by atoms with Crippen molar-refractivity contribution in [1.29, 1.82) is 0 Å². The lowest BCUT2D eigenvalue weighted by Gasteiger charge is -2.59. The first-order valence-corrected chi connectivity index (χ1v) is 11.9. The minimum absolute atomic E-state index is 0.0381. The average Bonchev–Trinajstić information content (AvgIpc) is 3.08. The Bertz CT molecular complexity index is 956. The van der Waals surface area contributed by atoms with Gasteiger partial charge in [0.2, 0.25) is 0 Å². The summed E-state index contributed by atoms with van der Waals surface area (Å²) in [6, 6.07) is 5.57. The van der Waals surface area contributed by atoms with Crippen LogP contribution in [0.25, 0.3) is 0 Å². The zero-order chi connectivity index (χ0) is 22.5. The summed E-state index contributed by atoms with van der Waals surface area (Å²) in [5.41, 5.74) is 2.63. The van der Waals surface area contributed by atoms with Crippen molar-refractivity contribution in [2.75, 3.05) is 7.11 Å². The summed E-state index contributed by atoms with van der Waals surface area (Å²) in [7, 11) is 1.60. The van der Waals surface area contributed by atoms with Crippen LogP contribution in [0, 0.1) is 37.0 Å². The molecule has 1 N–H and O–H groups in total. The number of amides is 1. The van der Waals surface area contributed by atoms with Gasteiger partial charge >= 0.3 is 0 Å². The van der Waals surface area contributed by atoms with E-state index in [0.29, 0.717) is 23.7 Å². The highest BCUT2D eigenvalue weighted by molar-refractivity contribution is 5.95. The Morgan fingerprint density at radius 1 is 1.16 bits per heavy atom. The number of benzene rings is 1. The highest BCUT2D eigenvalue weighted by Crippen LogP contribution is 2.61. The Labute approximate surface area is 190 Å². The van der Waals surface area contributed by atoms with Crippen LogP contribution in [-0.2, 0) is 6.61 Å². The molecule has 0 unspecified atom stereocenters. The highest BCUT2D eigenvalue weighted by Gasteiger charge is 2.53. The van der Waals surface area contributed by atoms with Crippen molar-refractivity contribution in [3.63, 3.8) is 0 Å². The van der Waals surface area contributed by atoms with Crippen molar-refractivity contribution in [3.05, 3.63) is 40.8 Å². The largest absolute Gasteiger partial charge is 0.493 e. The van der Waals surface area contributed by atoms with E-state index in [1.54, 1.807) is 19.2 Å². The number of hydrogen-bond donors (Lipinski definition) is 1. The zero-order valence-electron chi connectivity index (χ0n) is 19.6. The molecular formula is C26H34N2O4. The molecule has 0 spiro atoms. The maximum Gasteiger partial charge on any atom is 0.251 e. The molecule has 0 saturated heterocycles. The Morgan fingerprint density at radius 2 is 1.81 bits per heavy atom. The Kier molecular flexibility index (Phi) is 5.42. The smallest absolute Gasteiger partial charge is 0.251 e. The molecule has 0 aliphatic heterocycles. The van der Waals surface area contributed by atoms with E-state index in [1.165, 1.54) is 38.5 Å². The lowest BCUT2D eigenvalue weighted by Crippen LogP contribution is -2.55. The predicted octanol–water partition coefficient (Wildman–Crippen LogP) is 5.21. The van der Waals surface area contributed by atoms with E-state index in [9.17, 15) is 4.79 Å². The summed E-state index contributed by atoms with van der Waals surface area (Å²) in [6.07, 6.45) is 8.06. The van der Waals surface area contributed by atoms with Crippen molar-refractivity contribution in [1.82, 2.24) is 10.5 Å². The second kappa shape index (κ2) is 8.13. The topological polar surface area (TPSA) is 73.6 Å². The van der Waals surface area contributed by atoms with Crippen LogP contribution in [0.5, 0.6) is 11.5 Å².